The van der Waals surface area contributed by atoms with Gasteiger partial charge in [0.25, 0.3) is 0 Å². The molecule has 3 heterocycles. The predicted octanol–water partition coefficient (Wildman–Crippen LogP) is 2.07. The van der Waals surface area contributed by atoms with Crippen LogP contribution in [0.4, 0.5) is 0 Å². The lowest BCUT2D eigenvalue weighted by Crippen LogP contribution is -2.37. The van der Waals surface area contributed by atoms with E-state index in [1.165, 1.54) is 25.7 Å². The van der Waals surface area contributed by atoms with Crippen molar-refractivity contribution in [3.8, 4) is 0 Å². The third kappa shape index (κ3) is 3.44. The Morgan fingerprint density at radius 3 is 2.78 bits per heavy atom. The van der Waals surface area contributed by atoms with E-state index in [9.17, 15) is 0 Å². The fraction of sp³-hybridized carbons (Fsp3) is 0.750. The summed E-state index contributed by atoms with van der Waals surface area (Å²) in [6.45, 7) is 7.89. The summed E-state index contributed by atoms with van der Waals surface area (Å²) in [7, 11) is 0. The highest BCUT2D eigenvalue weighted by atomic mass is 16.5. The van der Waals surface area contributed by atoms with Crippen molar-refractivity contribution in [1.82, 2.24) is 29.8 Å². The number of hydrogen-bond acceptors (Lipinski definition) is 6. The van der Waals surface area contributed by atoms with Crippen LogP contribution in [0, 0.1) is 19.8 Å². The quantitative estimate of drug-likeness (QED) is 0.841. The Labute approximate surface area is 136 Å². The molecule has 7 heteroatoms. The van der Waals surface area contributed by atoms with Crippen LogP contribution in [0.15, 0.2) is 4.52 Å². The van der Waals surface area contributed by atoms with Gasteiger partial charge in [-0.05, 0) is 52.0 Å². The Morgan fingerprint density at radius 1 is 1.17 bits per heavy atom. The zero-order chi connectivity index (χ0) is 15.8. The number of hydrogen-bond donors (Lipinski definition) is 0. The van der Waals surface area contributed by atoms with Gasteiger partial charge < -0.3 is 4.52 Å². The van der Waals surface area contributed by atoms with E-state index in [1.807, 2.05) is 18.5 Å². The van der Waals surface area contributed by atoms with Gasteiger partial charge in [-0.2, -0.15) is 10.1 Å². The molecular formula is C16H24N6O. The van der Waals surface area contributed by atoms with Crippen LogP contribution in [0.3, 0.4) is 0 Å². The van der Waals surface area contributed by atoms with E-state index in [0.29, 0.717) is 11.8 Å². The molecule has 23 heavy (non-hydrogen) atoms. The molecule has 1 aliphatic heterocycles. The van der Waals surface area contributed by atoms with Gasteiger partial charge in [0.1, 0.15) is 11.6 Å². The maximum atomic E-state index is 5.36. The number of aryl methyl sites for hydroxylation is 2. The summed E-state index contributed by atoms with van der Waals surface area (Å²) >= 11 is 0. The second kappa shape index (κ2) is 6.03. The third-order valence-corrected chi connectivity index (χ3v) is 4.77. The Bertz CT molecular complexity index is 674. The standard InChI is InChI=1S/C16H24N6O/c1-11-17-12(2)22(19-11)9-13-4-3-7-21(8-13)10-15-18-16(23-20-15)14-5-6-14/h13-14H,3-10H2,1-2H3/t13-/m1/s1. The average Bonchev–Trinajstić information content (AvgIpc) is 3.19. The molecule has 2 aliphatic rings. The largest absolute Gasteiger partial charge is 0.339 e. The highest BCUT2D eigenvalue weighted by Crippen LogP contribution is 2.38. The second-order valence-electron chi connectivity index (χ2n) is 6.95. The molecule has 0 N–H and O–H groups in total. The second-order valence-corrected chi connectivity index (χ2v) is 6.95. The molecule has 0 aromatic carbocycles. The number of rotatable bonds is 5. The first-order valence-electron chi connectivity index (χ1n) is 8.60. The van der Waals surface area contributed by atoms with E-state index in [4.69, 9.17) is 4.52 Å². The molecule has 2 aromatic rings. The third-order valence-electron chi connectivity index (χ3n) is 4.77. The van der Waals surface area contributed by atoms with Gasteiger partial charge in [-0.15, -0.1) is 0 Å². The first-order valence-corrected chi connectivity index (χ1v) is 8.60. The van der Waals surface area contributed by atoms with Crippen molar-refractivity contribution >= 4 is 0 Å². The van der Waals surface area contributed by atoms with Crippen LogP contribution < -0.4 is 0 Å². The van der Waals surface area contributed by atoms with E-state index >= 15 is 0 Å². The van der Waals surface area contributed by atoms with E-state index in [2.05, 4.69) is 25.1 Å². The van der Waals surface area contributed by atoms with Crippen LogP contribution in [0.2, 0.25) is 0 Å². The van der Waals surface area contributed by atoms with Gasteiger partial charge in [0.05, 0.1) is 6.54 Å². The molecule has 2 aromatic heterocycles. The Kier molecular flexibility index (Phi) is 3.88. The molecule has 1 saturated heterocycles. The Hall–Kier alpha value is -1.76. The minimum absolute atomic E-state index is 0.531. The van der Waals surface area contributed by atoms with Crippen molar-refractivity contribution < 1.29 is 4.52 Å². The van der Waals surface area contributed by atoms with Crippen molar-refractivity contribution in [2.45, 2.75) is 58.5 Å². The van der Waals surface area contributed by atoms with Gasteiger partial charge in [-0.3, -0.25) is 4.90 Å². The van der Waals surface area contributed by atoms with Crippen molar-refractivity contribution in [3.63, 3.8) is 0 Å². The lowest BCUT2D eigenvalue weighted by molar-refractivity contribution is 0.148. The molecule has 0 amide bonds. The highest BCUT2D eigenvalue weighted by molar-refractivity contribution is 5.01. The van der Waals surface area contributed by atoms with Crippen LogP contribution in [-0.4, -0.2) is 42.9 Å². The normalized spacial score (nSPS) is 22.6. The topological polar surface area (TPSA) is 72.9 Å². The van der Waals surface area contributed by atoms with Gasteiger partial charge in [0.2, 0.25) is 5.89 Å². The molecule has 0 unspecified atom stereocenters. The summed E-state index contributed by atoms with van der Waals surface area (Å²) in [4.78, 5) is 11.4. The fourth-order valence-electron chi connectivity index (χ4n) is 3.45. The Balaban J connectivity index is 1.35. The maximum absolute atomic E-state index is 5.36. The van der Waals surface area contributed by atoms with Gasteiger partial charge in [0.15, 0.2) is 5.82 Å². The Morgan fingerprint density at radius 2 is 2.04 bits per heavy atom. The predicted molar refractivity (Wildman–Crippen MR) is 83.8 cm³/mol. The van der Waals surface area contributed by atoms with Crippen molar-refractivity contribution in [2.75, 3.05) is 13.1 Å². The van der Waals surface area contributed by atoms with E-state index < -0.39 is 0 Å². The zero-order valence-electron chi connectivity index (χ0n) is 13.9. The van der Waals surface area contributed by atoms with Crippen LogP contribution in [0.5, 0.6) is 0 Å². The van der Waals surface area contributed by atoms with E-state index in [0.717, 1.165) is 49.5 Å². The molecule has 4 rings (SSSR count). The first kappa shape index (κ1) is 14.8. The van der Waals surface area contributed by atoms with Gasteiger partial charge >= 0.3 is 0 Å². The van der Waals surface area contributed by atoms with Crippen LogP contribution in [0.25, 0.3) is 0 Å². The van der Waals surface area contributed by atoms with Crippen LogP contribution in [-0.2, 0) is 13.1 Å². The average molecular weight is 316 g/mol. The summed E-state index contributed by atoms with van der Waals surface area (Å²) < 4.78 is 7.41. The first-order chi connectivity index (χ1) is 11.2. The smallest absolute Gasteiger partial charge is 0.229 e. The SMILES string of the molecule is Cc1nc(C)n(C[C@@H]2CCCN(Cc3noc(C4CC4)n3)C2)n1. The van der Waals surface area contributed by atoms with Crippen molar-refractivity contribution in [2.24, 2.45) is 5.92 Å². The minimum atomic E-state index is 0.531. The fourth-order valence-corrected chi connectivity index (χ4v) is 3.45. The monoisotopic (exact) mass is 316 g/mol. The van der Waals surface area contributed by atoms with Gasteiger partial charge in [-0.25, -0.2) is 9.67 Å². The summed E-state index contributed by atoms with van der Waals surface area (Å²) in [5.74, 6) is 4.67. The molecule has 1 aliphatic carbocycles. The number of likely N-dealkylation sites (tertiary alicyclic amines) is 1. The highest BCUT2D eigenvalue weighted by Gasteiger charge is 2.30. The van der Waals surface area contributed by atoms with Gasteiger partial charge in [0, 0.05) is 19.0 Å². The molecule has 1 saturated carbocycles. The molecule has 1 atom stereocenters. The molecule has 0 radical (unpaired) electrons. The summed E-state index contributed by atoms with van der Waals surface area (Å²) in [6.07, 6.45) is 4.85. The summed E-state index contributed by atoms with van der Waals surface area (Å²) in [6, 6.07) is 0. The molecule has 0 bridgehead atoms. The maximum Gasteiger partial charge on any atom is 0.229 e. The van der Waals surface area contributed by atoms with Crippen LogP contribution >= 0.6 is 0 Å². The van der Waals surface area contributed by atoms with Gasteiger partial charge in [-0.1, -0.05) is 5.16 Å². The van der Waals surface area contributed by atoms with Crippen LogP contribution in [0.1, 0.15) is 55.0 Å². The van der Waals surface area contributed by atoms with Crippen molar-refractivity contribution in [3.05, 3.63) is 23.4 Å². The molecule has 2 fully saturated rings. The summed E-state index contributed by atoms with van der Waals surface area (Å²) in [5, 5.41) is 8.63. The molecule has 0 spiro atoms. The number of piperidine rings is 1. The number of nitrogens with zero attached hydrogens (tertiary/aromatic N) is 6. The molecule has 7 nitrogen and oxygen atoms in total. The lowest BCUT2D eigenvalue weighted by Gasteiger charge is -2.31. The lowest BCUT2D eigenvalue weighted by atomic mass is 9.98. The zero-order valence-corrected chi connectivity index (χ0v) is 13.9. The molecular weight excluding hydrogens is 292 g/mol. The minimum Gasteiger partial charge on any atom is -0.339 e. The number of aromatic nitrogens is 5. The van der Waals surface area contributed by atoms with E-state index in [1.54, 1.807) is 0 Å². The molecule has 124 valence electrons. The van der Waals surface area contributed by atoms with E-state index in [-0.39, 0.29) is 0 Å². The van der Waals surface area contributed by atoms with Crippen molar-refractivity contribution in [1.29, 1.82) is 0 Å². The summed E-state index contributed by atoms with van der Waals surface area (Å²) in [5.41, 5.74) is 0.